The number of esters is 1. The minimum atomic E-state index is -3.01. The summed E-state index contributed by atoms with van der Waals surface area (Å²) in [6.07, 6.45) is 3.04. The van der Waals surface area contributed by atoms with Gasteiger partial charge >= 0.3 is 17.8 Å². The molecule has 3 aromatic heterocycles. The van der Waals surface area contributed by atoms with Gasteiger partial charge in [-0.05, 0) is 31.4 Å². The van der Waals surface area contributed by atoms with Crippen LogP contribution in [0.3, 0.4) is 0 Å². The predicted octanol–water partition coefficient (Wildman–Crippen LogP) is 4.10. The van der Waals surface area contributed by atoms with E-state index in [1.807, 2.05) is 0 Å². The van der Waals surface area contributed by atoms with Gasteiger partial charge in [0.2, 0.25) is 6.79 Å². The van der Waals surface area contributed by atoms with Gasteiger partial charge in [0.25, 0.3) is 11.5 Å². The first kappa shape index (κ1) is 30.3. The van der Waals surface area contributed by atoms with Crippen molar-refractivity contribution >= 4 is 23.2 Å². The van der Waals surface area contributed by atoms with Gasteiger partial charge in [-0.1, -0.05) is 32.0 Å². The molecule has 0 aliphatic carbocycles. The summed E-state index contributed by atoms with van der Waals surface area (Å²) in [6.45, 7) is 5.84. The summed E-state index contributed by atoms with van der Waals surface area (Å²) in [6, 6.07) is 5.92. The van der Waals surface area contributed by atoms with E-state index in [1.54, 1.807) is 26.8 Å². The Labute approximate surface area is 239 Å². The number of benzene rings is 1. The molecular formula is C28H32F2N6O6. The van der Waals surface area contributed by atoms with Gasteiger partial charge in [-0.3, -0.25) is 23.4 Å². The zero-order valence-corrected chi connectivity index (χ0v) is 23.8. The number of imidazole rings is 1. The zero-order chi connectivity index (χ0) is 30.6. The number of aryl methyl sites for hydroxylation is 1. The van der Waals surface area contributed by atoms with Crippen molar-refractivity contribution in [1.82, 2.24) is 28.5 Å². The summed E-state index contributed by atoms with van der Waals surface area (Å²) in [5, 5.41) is 4.29. The third-order valence-electron chi connectivity index (χ3n) is 6.50. The van der Waals surface area contributed by atoms with Gasteiger partial charge in [0.1, 0.15) is 0 Å². The highest BCUT2D eigenvalue weighted by molar-refractivity contribution is 5.90. The molecule has 0 saturated heterocycles. The lowest BCUT2D eigenvalue weighted by molar-refractivity contribution is -0.151. The van der Waals surface area contributed by atoms with E-state index in [2.05, 4.69) is 10.1 Å². The molecule has 4 aromatic rings. The lowest BCUT2D eigenvalue weighted by Gasteiger charge is -2.12. The van der Waals surface area contributed by atoms with Crippen molar-refractivity contribution in [2.45, 2.75) is 72.5 Å². The van der Waals surface area contributed by atoms with Crippen LogP contribution < -0.4 is 11.2 Å². The predicted molar refractivity (Wildman–Crippen MR) is 148 cm³/mol. The Kier molecular flexibility index (Phi) is 9.02. The van der Waals surface area contributed by atoms with Crippen LogP contribution in [0.4, 0.5) is 13.6 Å². The van der Waals surface area contributed by atoms with Gasteiger partial charge in [0.05, 0.1) is 18.3 Å². The van der Waals surface area contributed by atoms with Crippen LogP contribution in [0, 0.1) is 0 Å². The van der Waals surface area contributed by atoms with E-state index in [0.29, 0.717) is 24.0 Å². The van der Waals surface area contributed by atoms with Crippen molar-refractivity contribution in [3.05, 3.63) is 68.6 Å². The largest absolute Gasteiger partial charge is 0.428 e. The van der Waals surface area contributed by atoms with E-state index in [0.717, 1.165) is 16.1 Å². The average Bonchev–Trinajstić information content (AvgIpc) is 3.56. The fraction of sp³-hybridized carbons (Fsp3) is 0.429. The second kappa shape index (κ2) is 12.5. The maximum absolute atomic E-state index is 13.8. The smallest absolute Gasteiger partial charge is 0.423 e. The second-order valence-corrected chi connectivity index (χ2v) is 9.74. The molecule has 224 valence electrons. The number of rotatable bonds is 11. The zero-order valence-electron chi connectivity index (χ0n) is 23.8. The normalized spacial score (nSPS) is 11.7. The molecule has 3 heterocycles. The minimum absolute atomic E-state index is 0.0274. The summed E-state index contributed by atoms with van der Waals surface area (Å²) in [5.41, 5.74) is -0.802. The molecule has 0 amide bonds. The minimum Gasteiger partial charge on any atom is -0.428 e. The molecule has 0 radical (unpaired) electrons. The van der Waals surface area contributed by atoms with Crippen molar-refractivity contribution in [2.75, 3.05) is 6.79 Å². The molecule has 1 aromatic carbocycles. The topological polar surface area (TPSA) is 132 Å². The van der Waals surface area contributed by atoms with Gasteiger partial charge < -0.3 is 9.47 Å². The van der Waals surface area contributed by atoms with Crippen LogP contribution in [-0.2, 0) is 39.8 Å². The van der Waals surface area contributed by atoms with Crippen molar-refractivity contribution in [1.29, 1.82) is 0 Å². The number of alkyl halides is 2. The standard InChI is InChI=1S/C28H32F2N6O6/c1-5-9-21(37)41-17-42-27(40)36-22-24(34(7-3)26(39)35(12-6-2)25(22)38)32-23(36)19-14-31-33(16-19)15-18-10-8-11-20(13-18)28(4,29)30/h8,10-11,13-14,16H,5-7,9,12,15,17H2,1-4H3. The number of carbonyl (C=O) groups is 2. The fourth-order valence-electron chi connectivity index (χ4n) is 4.50. The highest BCUT2D eigenvalue weighted by Crippen LogP contribution is 2.28. The van der Waals surface area contributed by atoms with Crippen LogP contribution in [0.15, 0.2) is 46.2 Å². The third kappa shape index (κ3) is 6.16. The van der Waals surface area contributed by atoms with Crippen molar-refractivity contribution in [3.63, 3.8) is 0 Å². The number of hydrogen-bond acceptors (Lipinski definition) is 8. The maximum Gasteiger partial charge on any atom is 0.423 e. The van der Waals surface area contributed by atoms with Gasteiger partial charge in [-0.2, -0.15) is 5.10 Å². The van der Waals surface area contributed by atoms with Crippen LogP contribution in [-0.4, -0.2) is 47.3 Å². The Balaban J connectivity index is 1.81. The van der Waals surface area contributed by atoms with E-state index >= 15 is 0 Å². The Morgan fingerprint density at radius 1 is 1.05 bits per heavy atom. The Hall–Kier alpha value is -4.62. The van der Waals surface area contributed by atoms with Crippen molar-refractivity contribution < 1.29 is 27.8 Å². The molecule has 12 nitrogen and oxygen atoms in total. The molecule has 0 aliphatic rings. The van der Waals surface area contributed by atoms with Crippen LogP contribution in [0.25, 0.3) is 22.6 Å². The first-order valence-electron chi connectivity index (χ1n) is 13.6. The number of nitrogens with zero attached hydrogens (tertiary/aromatic N) is 6. The number of hydrogen-bond donors (Lipinski definition) is 0. The number of aromatic nitrogens is 6. The summed E-state index contributed by atoms with van der Waals surface area (Å²) < 4.78 is 42.5. The van der Waals surface area contributed by atoms with Crippen LogP contribution in [0.5, 0.6) is 0 Å². The van der Waals surface area contributed by atoms with E-state index in [9.17, 15) is 28.0 Å². The Morgan fingerprint density at radius 2 is 1.81 bits per heavy atom. The lowest BCUT2D eigenvalue weighted by Crippen LogP contribution is -2.40. The molecular weight excluding hydrogens is 554 g/mol. The summed E-state index contributed by atoms with van der Waals surface area (Å²) in [5.74, 6) is -3.61. The molecule has 42 heavy (non-hydrogen) atoms. The molecule has 14 heteroatoms. The van der Waals surface area contributed by atoms with Crippen molar-refractivity contribution in [3.8, 4) is 11.4 Å². The fourth-order valence-corrected chi connectivity index (χ4v) is 4.50. The lowest BCUT2D eigenvalue weighted by atomic mass is 10.1. The number of fused-ring (bicyclic) bond motifs is 1. The van der Waals surface area contributed by atoms with E-state index < -0.39 is 36.0 Å². The maximum atomic E-state index is 13.8. The van der Waals surface area contributed by atoms with Gasteiger partial charge in [0, 0.05) is 38.2 Å². The highest BCUT2D eigenvalue weighted by Gasteiger charge is 2.28. The number of carbonyl (C=O) groups excluding carboxylic acids is 2. The molecule has 4 rings (SSSR count). The Morgan fingerprint density at radius 3 is 2.48 bits per heavy atom. The summed E-state index contributed by atoms with van der Waals surface area (Å²) in [7, 11) is 0. The van der Waals surface area contributed by atoms with Crippen LogP contribution in [0.2, 0.25) is 0 Å². The van der Waals surface area contributed by atoms with E-state index in [4.69, 9.17) is 9.47 Å². The molecule has 0 aliphatic heterocycles. The number of ether oxygens (including phenoxy) is 2. The summed E-state index contributed by atoms with van der Waals surface area (Å²) >= 11 is 0. The second-order valence-electron chi connectivity index (χ2n) is 9.74. The van der Waals surface area contributed by atoms with Gasteiger partial charge in [-0.25, -0.2) is 27.9 Å². The molecule has 0 fully saturated rings. The van der Waals surface area contributed by atoms with Gasteiger partial charge in [0.15, 0.2) is 17.0 Å². The highest BCUT2D eigenvalue weighted by atomic mass is 19.3. The molecule has 0 bridgehead atoms. The van der Waals surface area contributed by atoms with E-state index in [1.165, 1.54) is 39.8 Å². The SMILES string of the molecule is CCCC(=O)OCOC(=O)n1c(-c2cnn(Cc3cccc(C(C)(F)F)c3)c2)nc2c1c(=O)n(CCC)c(=O)n2CC. The molecule has 0 spiro atoms. The number of halogens is 2. The van der Waals surface area contributed by atoms with Crippen LogP contribution in [0.1, 0.15) is 58.1 Å². The molecule has 0 atom stereocenters. The average molecular weight is 587 g/mol. The monoisotopic (exact) mass is 586 g/mol. The molecule has 0 saturated carbocycles. The Bertz CT molecular complexity index is 1730. The van der Waals surface area contributed by atoms with Crippen LogP contribution >= 0.6 is 0 Å². The first-order valence-corrected chi connectivity index (χ1v) is 13.6. The first-order chi connectivity index (χ1) is 20.0. The quantitative estimate of drug-likeness (QED) is 0.190. The summed E-state index contributed by atoms with van der Waals surface area (Å²) in [4.78, 5) is 56.2. The van der Waals surface area contributed by atoms with Gasteiger partial charge in [-0.15, -0.1) is 0 Å². The molecule has 0 N–H and O–H groups in total. The third-order valence-corrected chi connectivity index (χ3v) is 6.50. The van der Waals surface area contributed by atoms with Crippen molar-refractivity contribution in [2.24, 2.45) is 0 Å². The van der Waals surface area contributed by atoms with E-state index in [-0.39, 0.29) is 48.6 Å². The molecule has 0 unspecified atom stereocenters.